The van der Waals surface area contributed by atoms with Crippen molar-refractivity contribution in [2.45, 2.75) is 45.1 Å². The summed E-state index contributed by atoms with van der Waals surface area (Å²) in [5.74, 6) is 2.08. The fourth-order valence-corrected chi connectivity index (χ4v) is 6.16. The van der Waals surface area contributed by atoms with Gasteiger partial charge in [0.2, 0.25) is 5.91 Å². The molecule has 1 aromatic heterocycles. The van der Waals surface area contributed by atoms with E-state index in [-0.39, 0.29) is 12.5 Å². The molecular formula is C20H24N2O3. The third kappa shape index (κ3) is 2.60. The number of amides is 1. The summed E-state index contributed by atoms with van der Waals surface area (Å²) in [6.07, 6.45) is 8.03. The molecule has 0 atom stereocenters. The van der Waals surface area contributed by atoms with Crippen LogP contribution in [0.3, 0.4) is 0 Å². The Bertz CT molecular complexity index is 843. The van der Waals surface area contributed by atoms with Gasteiger partial charge in [0.05, 0.1) is 5.52 Å². The third-order valence-electron chi connectivity index (χ3n) is 6.70. The van der Waals surface area contributed by atoms with E-state index in [0.717, 1.165) is 24.3 Å². The van der Waals surface area contributed by atoms with Crippen molar-refractivity contribution in [3.8, 4) is 0 Å². The van der Waals surface area contributed by atoms with Gasteiger partial charge in [-0.1, -0.05) is 12.1 Å². The number of hydrogen-bond acceptors (Lipinski definition) is 3. The molecular weight excluding hydrogens is 316 g/mol. The largest absolute Gasteiger partial charge is 0.420 e. The summed E-state index contributed by atoms with van der Waals surface area (Å²) in [5, 5.41) is 3.13. The molecule has 5 heteroatoms. The maximum absolute atomic E-state index is 12.5. The number of aromatic nitrogens is 1. The van der Waals surface area contributed by atoms with Crippen molar-refractivity contribution in [3.63, 3.8) is 0 Å². The first-order valence-corrected chi connectivity index (χ1v) is 9.45. The Balaban J connectivity index is 1.28. The van der Waals surface area contributed by atoms with Gasteiger partial charge in [0.15, 0.2) is 5.58 Å². The van der Waals surface area contributed by atoms with Crippen LogP contribution in [0.1, 0.15) is 38.5 Å². The molecule has 4 fully saturated rings. The molecule has 132 valence electrons. The molecule has 0 radical (unpaired) electrons. The van der Waals surface area contributed by atoms with Crippen LogP contribution < -0.4 is 11.1 Å². The quantitative estimate of drug-likeness (QED) is 0.931. The van der Waals surface area contributed by atoms with Gasteiger partial charge in [0, 0.05) is 6.54 Å². The lowest BCUT2D eigenvalue weighted by atomic mass is 9.49. The number of nitrogens with zero attached hydrogens (tertiary/aromatic N) is 1. The Kier molecular flexibility index (Phi) is 3.34. The van der Waals surface area contributed by atoms with E-state index in [2.05, 4.69) is 5.32 Å². The molecule has 4 aliphatic carbocycles. The van der Waals surface area contributed by atoms with Crippen LogP contribution in [0, 0.1) is 23.2 Å². The second-order valence-corrected chi connectivity index (χ2v) is 8.62. The van der Waals surface area contributed by atoms with Crippen molar-refractivity contribution in [2.24, 2.45) is 23.2 Å². The van der Waals surface area contributed by atoms with Crippen LogP contribution in [-0.2, 0) is 11.3 Å². The highest BCUT2D eigenvalue weighted by Crippen LogP contribution is 2.59. The van der Waals surface area contributed by atoms with Crippen LogP contribution in [-0.4, -0.2) is 17.0 Å². The number of oxazole rings is 1. The fraction of sp³-hybridized carbons (Fsp3) is 0.600. The Morgan fingerprint density at radius 1 is 1.12 bits per heavy atom. The summed E-state index contributed by atoms with van der Waals surface area (Å²) in [4.78, 5) is 24.5. The van der Waals surface area contributed by atoms with E-state index in [0.29, 0.717) is 16.5 Å². The zero-order chi connectivity index (χ0) is 17.0. The second-order valence-electron chi connectivity index (χ2n) is 8.62. The highest BCUT2D eigenvalue weighted by Gasteiger charge is 2.50. The maximum atomic E-state index is 12.5. The van der Waals surface area contributed by atoms with E-state index >= 15 is 0 Å². The van der Waals surface area contributed by atoms with Crippen molar-refractivity contribution in [2.75, 3.05) is 6.54 Å². The summed E-state index contributed by atoms with van der Waals surface area (Å²) in [6, 6.07) is 7.23. The highest BCUT2D eigenvalue weighted by atomic mass is 16.4. The molecule has 5 nitrogen and oxygen atoms in total. The van der Waals surface area contributed by atoms with Gasteiger partial charge in [-0.2, -0.15) is 0 Å². The third-order valence-corrected chi connectivity index (χ3v) is 6.70. The molecule has 1 aromatic carbocycles. The predicted molar refractivity (Wildman–Crippen MR) is 94.1 cm³/mol. The van der Waals surface area contributed by atoms with Crippen LogP contribution >= 0.6 is 0 Å². The van der Waals surface area contributed by atoms with Gasteiger partial charge in [0.25, 0.3) is 0 Å². The minimum atomic E-state index is -0.467. The summed E-state index contributed by atoms with van der Waals surface area (Å²) in [7, 11) is 0. The molecule has 0 unspecified atom stereocenters. The topological polar surface area (TPSA) is 64.2 Å². The van der Waals surface area contributed by atoms with Gasteiger partial charge in [-0.3, -0.25) is 9.36 Å². The molecule has 0 spiro atoms. The van der Waals surface area contributed by atoms with Crippen LogP contribution in [0.15, 0.2) is 33.5 Å². The first-order valence-electron chi connectivity index (χ1n) is 9.45. The van der Waals surface area contributed by atoms with E-state index in [1.165, 1.54) is 43.1 Å². The van der Waals surface area contributed by atoms with Crippen LogP contribution in [0.5, 0.6) is 0 Å². The van der Waals surface area contributed by atoms with Crippen LogP contribution in [0.2, 0.25) is 0 Å². The normalized spacial score (nSPS) is 33.0. The Morgan fingerprint density at radius 3 is 2.44 bits per heavy atom. The standard InChI is InChI=1S/C20H24N2O3/c23-18(11-22-16-3-1-2-4-17(16)25-19(22)24)21-12-20-8-13-5-14(9-20)7-15(6-13)10-20/h1-4,13-15H,5-12H2,(H,21,23). The molecule has 1 heterocycles. The number of carbonyl (C=O) groups excluding carboxylic acids is 1. The monoisotopic (exact) mass is 340 g/mol. The zero-order valence-electron chi connectivity index (χ0n) is 14.4. The van der Waals surface area contributed by atoms with E-state index in [1.54, 1.807) is 6.07 Å². The number of nitrogens with one attached hydrogen (secondary N) is 1. The van der Waals surface area contributed by atoms with Crippen molar-refractivity contribution < 1.29 is 9.21 Å². The average Bonchev–Trinajstić information content (AvgIpc) is 2.88. The molecule has 0 aliphatic heterocycles. The van der Waals surface area contributed by atoms with Crippen LogP contribution in [0.25, 0.3) is 11.1 Å². The number of benzene rings is 1. The lowest BCUT2D eigenvalue weighted by Crippen LogP contribution is -2.51. The van der Waals surface area contributed by atoms with E-state index in [4.69, 9.17) is 4.42 Å². The fourth-order valence-electron chi connectivity index (χ4n) is 6.16. The summed E-state index contributed by atoms with van der Waals surface area (Å²) >= 11 is 0. The molecule has 6 rings (SSSR count). The summed E-state index contributed by atoms with van der Waals surface area (Å²) < 4.78 is 6.63. The second kappa shape index (κ2) is 5.48. The maximum Gasteiger partial charge on any atom is 0.420 e. The summed E-state index contributed by atoms with van der Waals surface area (Å²) in [6.45, 7) is 0.794. The van der Waals surface area contributed by atoms with Gasteiger partial charge in [-0.15, -0.1) is 0 Å². The predicted octanol–water partition coefficient (Wildman–Crippen LogP) is 2.93. The number of rotatable bonds is 4. The molecule has 1 N–H and O–H groups in total. The zero-order valence-corrected chi connectivity index (χ0v) is 14.4. The van der Waals surface area contributed by atoms with E-state index < -0.39 is 5.76 Å². The average molecular weight is 340 g/mol. The number of carbonyl (C=O) groups is 1. The molecule has 1 amide bonds. The van der Waals surface area contributed by atoms with Crippen molar-refractivity contribution >= 4 is 17.0 Å². The first-order chi connectivity index (χ1) is 12.1. The number of para-hydroxylation sites is 2. The first kappa shape index (κ1) is 15.2. The molecule has 25 heavy (non-hydrogen) atoms. The van der Waals surface area contributed by atoms with Gasteiger partial charge < -0.3 is 9.73 Å². The van der Waals surface area contributed by atoms with Crippen LogP contribution in [0.4, 0.5) is 0 Å². The molecule has 4 bridgehead atoms. The van der Waals surface area contributed by atoms with Crippen molar-refractivity contribution in [1.82, 2.24) is 9.88 Å². The molecule has 4 saturated carbocycles. The molecule has 0 saturated heterocycles. The minimum absolute atomic E-state index is 0.0300. The number of hydrogen-bond donors (Lipinski definition) is 1. The Hall–Kier alpha value is -2.04. The molecule has 4 aliphatic rings. The smallest absolute Gasteiger partial charge is 0.408 e. The van der Waals surface area contributed by atoms with Gasteiger partial charge >= 0.3 is 5.76 Å². The highest BCUT2D eigenvalue weighted by molar-refractivity contribution is 5.79. The molecule has 2 aromatic rings. The van der Waals surface area contributed by atoms with Crippen molar-refractivity contribution in [1.29, 1.82) is 0 Å². The lowest BCUT2D eigenvalue weighted by Gasteiger charge is -2.56. The van der Waals surface area contributed by atoms with Crippen molar-refractivity contribution in [3.05, 3.63) is 34.8 Å². The number of fused-ring (bicyclic) bond motifs is 1. The minimum Gasteiger partial charge on any atom is -0.408 e. The van der Waals surface area contributed by atoms with Gasteiger partial charge in [0.1, 0.15) is 6.54 Å². The summed E-state index contributed by atoms with van der Waals surface area (Å²) in [5.41, 5.74) is 1.52. The van der Waals surface area contributed by atoms with Gasteiger partial charge in [-0.05, 0) is 73.8 Å². The van der Waals surface area contributed by atoms with Gasteiger partial charge in [-0.25, -0.2) is 4.79 Å². The Labute approximate surface area is 146 Å². The van der Waals surface area contributed by atoms with E-state index in [1.807, 2.05) is 18.2 Å². The van der Waals surface area contributed by atoms with E-state index in [9.17, 15) is 9.59 Å². The Morgan fingerprint density at radius 2 is 1.76 bits per heavy atom. The lowest BCUT2D eigenvalue weighted by molar-refractivity contribution is -0.123. The SMILES string of the molecule is O=C(Cn1c(=O)oc2ccccc21)NCC12CC3CC(CC(C3)C1)C2.